The Kier molecular flexibility index (Phi) is 3.56. The Hall–Kier alpha value is -1.69. The number of aromatic nitrogens is 1. The predicted octanol–water partition coefficient (Wildman–Crippen LogP) is 1.36. The van der Waals surface area contributed by atoms with Crippen molar-refractivity contribution in [2.24, 2.45) is 0 Å². The molecule has 0 saturated carbocycles. The number of ether oxygens (including phenoxy) is 1. The molecule has 7 heteroatoms. The summed E-state index contributed by atoms with van der Waals surface area (Å²) in [5.41, 5.74) is -0.170. The van der Waals surface area contributed by atoms with Crippen molar-refractivity contribution < 1.29 is 14.5 Å². The van der Waals surface area contributed by atoms with Crippen LogP contribution in [-0.4, -0.2) is 23.0 Å². The summed E-state index contributed by atoms with van der Waals surface area (Å²) in [5, 5.41) is 10.7. The molecule has 0 radical (unpaired) electrons. The zero-order valence-electron chi connectivity index (χ0n) is 7.77. The summed E-state index contributed by atoms with van der Waals surface area (Å²) in [6.45, 7) is 0. The fourth-order valence-electron chi connectivity index (χ4n) is 1.00. The van der Waals surface area contributed by atoms with Crippen LogP contribution >= 0.6 is 11.6 Å². The molecule has 6 nitrogen and oxygen atoms in total. The maximum atomic E-state index is 11.0. The van der Waals surface area contributed by atoms with E-state index < -0.39 is 10.9 Å². The van der Waals surface area contributed by atoms with Crippen molar-refractivity contribution >= 4 is 23.3 Å². The highest BCUT2D eigenvalue weighted by Gasteiger charge is 2.20. The quantitative estimate of drug-likeness (QED) is 0.445. The Morgan fingerprint density at radius 3 is 2.87 bits per heavy atom. The van der Waals surface area contributed by atoms with Crippen LogP contribution in [-0.2, 0) is 16.0 Å². The zero-order valence-corrected chi connectivity index (χ0v) is 8.52. The van der Waals surface area contributed by atoms with Gasteiger partial charge in [-0.15, -0.1) is 0 Å². The molecule has 0 aliphatic carbocycles. The van der Waals surface area contributed by atoms with Crippen molar-refractivity contribution in [2.75, 3.05) is 7.11 Å². The Labute approximate surface area is 90.0 Å². The molecule has 0 N–H and O–H groups in total. The maximum absolute atomic E-state index is 11.0. The summed E-state index contributed by atoms with van der Waals surface area (Å²) in [7, 11) is 1.20. The number of carbonyl (C=O) groups excluding carboxylic acids is 1. The van der Waals surface area contributed by atoms with Crippen LogP contribution in [0.3, 0.4) is 0 Å². The van der Waals surface area contributed by atoms with Crippen LogP contribution in [0.4, 0.5) is 5.69 Å². The molecule has 0 saturated heterocycles. The van der Waals surface area contributed by atoms with Gasteiger partial charge in [-0.1, -0.05) is 11.6 Å². The fourth-order valence-corrected chi connectivity index (χ4v) is 1.22. The molecule has 0 aromatic carbocycles. The van der Waals surface area contributed by atoms with E-state index >= 15 is 0 Å². The first-order valence-corrected chi connectivity index (χ1v) is 4.27. The van der Waals surface area contributed by atoms with Crippen molar-refractivity contribution in [1.82, 2.24) is 4.98 Å². The summed E-state index contributed by atoms with van der Waals surface area (Å²) in [6, 6.07) is 0. The van der Waals surface area contributed by atoms with Gasteiger partial charge in [-0.3, -0.25) is 19.9 Å². The van der Waals surface area contributed by atoms with E-state index in [4.69, 9.17) is 11.6 Å². The lowest BCUT2D eigenvalue weighted by molar-refractivity contribution is -0.385. The van der Waals surface area contributed by atoms with E-state index in [1.54, 1.807) is 0 Å². The molecule has 0 spiro atoms. The summed E-state index contributed by atoms with van der Waals surface area (Å²) in [4.78, 5) is 24.5. The van der Waals surface area contributed by atoms with Crippen molar-refractivity contribution in [3.63, 3.8) is 0 Å². The van der Waals surface area contributed by atoms with Crippen molar-refractivity contribution in [1.29, 1.82) is 0 Å². The zero-order chi connectivity index (χ0) is 11.4. The van der Waals surface area contributed by atoms with Crippen molar-refractivity contribution in [3.05, 3.63) is 33.1 Å². The fraction of sp³-hybridized carbons (Fsp3) is 0.250. The van der Waals surface area contributed by atoms with Crippen LogP contribution < -0.4 is 0 Å². The lowest BCUT2D eigenvalue weighted by Gasteiger charge is -2.02. The van der Waals surface area contributed by atoms with Gasteiger partial charge >= 0.3 is 5.97 Å². The first-order chi connectivity index (χ1) is 7.06. The molecule has 0 unspecified atom stereocenters. The lowest BCUT2D eigenvalue weighted by Crippen LogP contribution is -2.07. The molecule has 0 fully saturated rings. The van der Waals surface area contributed by atoms with Crippen molar-refractivity contribution in [2.45, 2.75) is 6.42 Å². The third-order valence-corrected chi connectivity index (χ3v) is 2.05. The minimum Gasteiger partial charge on any atom is -0.469 e. The van der Waals surface area contributed by atoms with E-state index in [2.05, 4.69) is 9.72 Å². The molecule has 15 heavy (non-hydrogen) atoms. The number of hydrogen-bond acceptors (Lipinski definition) is 5. The number of hydrogen-bond donors (Lipinski definition) is 0. The third-order valence-electron chi connectivity index (χ3n) is 1.73. The smallest absolute Gasteiger partial charge is 0.310 e. The highest BCUT2D eigenvalue weighted by molar-refractivity contribution is 6.31. The summed E-state index contributed by atoms with van der Waals surface area (Å²) >= 11 is 5.70. The molecule has 0 amide bonds. The second kappa shape index (κ2) is 4.70. The molecule has 0 bridgehead atoms. The van der Waals surface area contributed by atoms with Crippen LogP contribution in [0.2, 0.25) is 5.02 Å². The molecular weight excluding hydrogens is 224 g/mol. The number of carbonyl (C=O) groups is 1. The van der Waals surface area contributed by atoms with Gasteiger partial charge in [-0.05, 0) is 0 Å². The standard InChI is InChI=1S/C8H7ClN2O4/c1-15-8(12)2-5-6(9)3-10-4-7(5)11(13)14/h3-4H,2H2,1H3. The molecule has 0 atom stereocenters. The van der Waals surface area contributed by atoms with E-state index in [9.17, 15) is 14.9 Å². The largest absolute Gasteiger partial charge is 0.469 e. The number of halogens is 1. The second-order valence-corrected chi connectivity index (χ2v) is 3.04. The first-order valence-electron chi connectivity index (χ1n) is 3.90. The molecule has 80 valence electrons. The van der Waals surface area contributed by atoms with E-state index in [1.807, 2.05) is 0 Å². The predicted molar refractivity (Wildman–Crippen MR) is 51.6 cm³/mol. The van der Waals surface area contributed by atoms with Crippen LogP contribution in [0, 0.1) is 10.1 Å². The molecule has 1 aromatic heterocycles. The minimum absolute atomic E-state index is 0.0783. The highest BCUT2D eigenvalue weighted by atomic mass is 35.5. The first kappa shape index (κ1) is 11.4. The molecule has 1 rings (SSSR count). The molecule has 1 aromatic rings. The summed E-state index contributed by atoms with van der Waals surface area (Å²) in [5.74, 6) is -0.591. The van der Waals surface area contributed by atoms with Gasteiger partial charge in [-0.2, -0.15) is 0 Å². The highest BCUT2D eigenvalue weighted by Crippen LogP contribution is 2.25. The molecule has 0 aliphatic rings. The minimum atomic E-state index is -0.642. The number of rotatable bonds is 3. The Morgan fingerprint density at radius 2 is 2.33 bits per heavy atom. The number of esters is 1. The number of pyridine rings is 1. The van der Waals surface area contributed by atoms with Crippen LogP contribution in [0.15, 0.2) is 12.4 Å². The molecule has 0 aliphatic heterocycles. The average Bonchev–Trinajstić information content (AvgIpc) is 2.20. The van der Waals surface area contributed by atoms with Gasteiger partial charge < -0.3 is 4.74 Å². The number of nitro groups is 1. The monoisotopic (exact) mass is 230 g/mol. The Balaban J connectivity index is 3.13. The van der Waals surface area contributed by atoms with Crippen molar-refractivity contribution in [3.8, 4) is 0 Å². The maximum Gasteiger partial charge on any atom is 0.310 e. The van der Waals surface area contributed by atoms with Crippen LogP contribution in [0.5, 0.6) is 0 Å². The Morgan fingerprint density at radius 1 is 1.67 bits per heavy atom. The van der Waals surface area contributed by atoms with Crippen LogP contribution in [0.1, 0.15) is 5.56 Å². The Bertz CT molecular complexity index is 408. The van der Waals surface area contributed by atoms with E-state index in [0.29, 0.717) is 0 Å². The number of methoxy groups -OCH3 is 1. The lowest BCUT2D eigenvalue weighted by atomic mass is 10.1. The van der Waals surface area contributed by atoms with Gasteiger partial charge in [-0.25, -0.2) is 0 Å². The number of nitrogens with zero attached hydrogens (tertiary/aromatic N) is 2. The van der Waals surface area contributed by atoms with Gasteiger partial charge in [0.1, 0.15) is 6.20 Å². The second-order valence-electron chi connectivity index (χ2n) is 2.63. The summed E-state index contributed by atoms with van der Waals surface area (Å²) in [6.07, 6.45) is 2.05. The van der Waals surface area contributed by atoms with Gasteiger partial charge in [0.15, 0.2) is 0 Å². The SMILES string of the molecule is COC(=O)Cc1c(Cl)cncc1[N+](=O)[O-]. The topological polar surface area (TPSA) is 82.3 Å². The van der Waals surface area contributed by atoms with E-state index in [-0.39, 0.29) is 22.7 Å². The third kappa shape index (κ3) is 2.63. The normalized spacial score (nSPS) is 9.73. The van der Waals surface area contributed by atoms with Gasteiger partial charge in [0, 0.05) is 6.20 Å². The van der Waals surface area contributed by atoms with Gasteiger partial charge in [0.2, 0.25) is 0 Å². The summed E-state index contributed by atoms with van der Waals surface area (Å²) < 4.78 is 4.40. The molecular formula is C8H7ClN2O4. The average molecular weight is 231 g/mol. The van der Waals surface area contributed by atoms with Crippen LogP contribution in [0.25, 0.3) is 0 Å². The van der Waals surface area contributed by atoms with Gasteiger partial charge in [0.05, 0.1) is 29.0 Å². The van der Waals surface area contributed by atoms with Gasteiger partial charge in [0.25, 0.3) is 5.69 Å². The molecule has 1 heterocycles. The van der Waals surface area contributed by atoms with E-state index in [0.717, 1.165) is 6.20 Å². The van der Waals surface area contributed by atoms with E-state index in [1.165, 1.54) is 13.3 Å².